The van der Waals surface area contributed by atoms with Gasteiger partial charge in [0.05, 0.1) is 11.8 Å². The van der Waals surface area contributed by atoms with Crippen molar-refractivity contribution in [3.8, 4) is 0 Å². The van der Waals surface area contributed by atoms with Crippen molar-refractivity contribution < 1.29 is 0 Å². The second kappa shape index (κ2) is 31.7. The van der Waals surface area contributed by atoms with Crippen molar-refractivity contribution >= 4 is 0 Å². The summed E-state index contributed by atoms with van der Waals surface area (Å²) >= 11 is 0. The van der Waals surface area contributed by atoms with E-state index in [4.69, 9.17) is 5.73 Å². The van der Waals surface area contributed by atoms with Crippen LogP contribution in [-0.2, 0) is 0 Å². The second-order valence-corrected chi connectivity index (χ2v) is 15.3. The first kappa shape index (κ1) is 44.8. The van der Waals surface area contributed by atoms with E-state index in [0.29, 0.717) is 18.2 Å². The van der Waals surface area contributed by atoms with Gasteiger partial charge in [0.15, 0.2) is 0 Å². The summed E-state index contributed by atoms with van der Waals surface area (Å²) < 4.78 is 0. The monoisotopic (exact) mass is 665 g/mol. The van der Waals surface area contributed by atoms with E-state index in [1.807, 2.05) is 0 Å². The van der Waals surface area contributed by atoms with Crippen LogP contribution in [0.4, 0.5) is 0 Å². The Morgan fingerprint density at radius 1 is 0.617 bits per heavy atom. The molecule has 1 rings (SSSR count). The maximum absolute atomic E-state index is 6.09. The highest BCUT2D eigenvalue weighted by molar-refractivity contribution is 4.90. The highest BCUT2D eigenvalue weighted by Crippen LogP contribution is 2.20. The lowest BCUT2D eigenvalue weighted by atomic mass is 9.94. The minimum atomic E-state index is -0.0503. The topological polar surface area (TPSA) is 86.2 Å². The van der Waals surface area contributed by atoms with Crippen LogP contribution in [-0.4, -0.2) is 56.6 Å². The van der Waals surface area contributed by atoms with Gasteiger partial charge in [-0.15, -0.1) is 0 Å². The summed E-state index contributed by atoms with van der Waals surface area (Å²) in [5.74, 6) is 0.756. The lowest BCUT2D eigenvalue weighted by Crippen LogP contribution is -2.62. The summed E-state index contributed by atoms with van der Waals surface area (Å²) in [7, 11) is 0. The molecule has 0 bridgehead atoms. The minimum Gasteiger partial charge on any atom is -0.330 e. The van der Waals surface area contributed by atoms with Crippen molar-refractivity contribution in [1.29, 1.82) is 0 Å². The zero-order valence-electron chi connectivity index (χ0n) is 32.8. The van der Waals surface area contributed by atoms with Crippen LogP contribution in [0.25, 0.3) is 0 Å². The van der Waals surface area contributed by atoms with Crippen molar-refractivity contribution in [3.05, 3.63) is 0 Å². The molecular weight excluding hydrogens is 576 g/mol. The predicted octanol–water partition coefficient (Wildman–Crippen LogP) is 9.52. The standard InChI is InChI=1S/C41H88N6/c1-6-11-14-15-16-17-18-19-20-25-33-45-41(10-5,46-36-37(9-4)26-13-8-3)35-40(43-32-24-12-7-2)44-34-30-39(29-31-42)47-38-27-22-21-23-28-38/h37-40,43-47H,6-36,42H2,1-5H3. The number of rotatable bonds is 35. The van der Waals surface area contributed by atoms with Crippen molar-refractivity contribution in [2.24, 2.45) is 11.7 Å². The summed E-state index contributed by atoms with van der Waals surface area (Å²) in [5, 5.41) is 20.3. The molecule has 0 aromatic heterocycles. The average Bonchev–Trinajstić information content (AvgIpc) is 3.09. The largest absolute Gasteiger partial charge is 0.330 e. The Bertz CT molecular complexity index is 641. The van der Waals surface area contributed by atoms with Crippen LogP contribution in [0.15, 0.2) is 0 Å². The van der Waals surface area contributed by atoms with E-state index in [-0.39, 0.29) is 5.66 Å². The maximum atomic E-state index is 6.09. The summed E-state index contributed by atoms with van der Waals surface area (Å²) in [6.07, 6.45) is 34.5. The fraction of sp³-hybridized carbons (Fsp3) is 1.00. The van der Waals surface area contributed by atoms with Gasteiger partial charge in [-0.2, -0.15) is 0 Å². The number of nitrogens with one attached hydrogen (secondary N) is 5. The Labute approximate surface area is 295 Å². The molecule has 0 saturated heterocycles. The predicted molar refractivity (Wildman–Crippen MR) is 210 cm³/mol. The first-order valence-electron chi connectivity index (χ1n) is 21.5. The average molecular weight is 665 g/mol. The van der Waals surface area contributed by atoms with Crippen LogP contribution in [0.2, 0.25) is 0 Å². The SMILES string of the molecule is CCCCCCCCCCCCNC(CC)(CC(NCCCCC)NCCC(CCN)NC1CCCCC1)NCC(CC)CCCC. The Morgan fingerprint density at radius 3 is 1.83 bits per heavy atom. The fourth-order valence-electron chi connectivity index (χ4n) is 7.59. The Balaban J connectivity index is 2.82. The smallest absolute Gasteiger partial charge is 0.0712 e. The molecule has 6 heteroatoms. The van der Waals surface area contributed by atoms with Crippen LogP contribution >= 0.6 is 0 Å². The normalized spacial score (nSPS) is 17.5. The van der Waals surface area contributed by atoms with Crippen LogP contribution in [0.3, 0.4) is 0 Å². The third-order valence-corrected chi connectivity index (χ3v) is 11.1. The number of unbranched alkanes of at least 4 members (excludes halogenated alkanes) is 12. The molecule has 4 atom stereocenters. The Kier molecular flexibility index (Phi) is 30.2. The molecule has 0 aromatic carbocycles. The molecule has 4 unspecified atom stereocenters. The number of hydrogen-bond donors (Lipinski definition) is 6. The Hall–Kier alpha value is -0.240. The van der Waals surface area contributed by atoms with Gasteiger partial charge in [-0.3, -0.25) is 10.6 Å². The Morgan fingerprint density at radius 2 is 1.21 bits per heavy atom. The van der Waals surface area contributed by atoms with E-state index < -0.39 is 0 Å². The molecule has 1 saturated carbocycles. The molecule has 0 heterocycles. The molecule has 0 aromatic rings. The van der Waals surface area contributed by atoms with Gasteiger partial charge in [-0.1, -0.05) is 144 Å². The molecule has 0 spiro atoms. The van der Waals surface area contributed by atoms with Crippen LogP contribution in [0.5, 0.6) is 0 Å². The zero-order chi connectivity index (χ0) is 34.3. The van der Waals surface area contributed by atoms with E-state index in [1.165, 1.54) is 141 Å². The first-order valence-corrected chi connectivity index (χ1v) is 21.5. The molecular formula is C41H88N6. The quantitative estimate of drug-likeness (QED) is 0.0299. The van der Waals surface area contributed by atoms with Gasteiger partial charge in [-0.05, 0) is 90.0 Å². The van der Waals surface area contributed by atoms with Crippen molar-refractivity contribution in [3.63, 3.8) is 0 Å². The van der Waals surface area contributed by atoms with E-state index in [9.17, 15) is 0 Å². The summed E-state index contributed by atoms with van der Waals surface area (Å²) in [4.78, 5) is 0. The molecule has 0 amide bonds. The molecule has 282 valence electrons. The molecule has 1 aliphatic rings. The molecule has 1 aliphatic carbocycles. The third-order valence-electron chi connectivity index (χ3n) is 11.1. The summed E-state index contributed by atoms with van der Waals surface area (Å²) in [6.45, 7) is 16.8. The van der Waals surface area contributed by atoms with Gasteiger partial charge in [0.25, 0.3) is 0 Å². The number of nitrogens with two attached hydrogens (primary N) is 1. The van der Waals surface area contributed by atoms with E-state index in [1.54, 1.807) is 0 Å². The highest BCUT2D eigenvalue weighted by atomic mass is 15.2. The summed E-state index contributed by atoms with van der Waals surface area (Å²) in [6, 6.07) is 1.21. The van der Waals surface area contributed by atoms with Gasteiger partial charge in [0, 0.05) is 18.5 Å². The van der Waals surface area contributed by atoms with Crippen LogP contribution < -0.4 is 32.3 Å². The van der Waals surface area contributed by atoms with Gasteiger partial charge in [0.2, 0.25) is 0 Å². The van der Waals surface area contributed by atoms with Gasteiger partial charge in [0.1, 0.15) is 0 Å². The summed E-state index contributed by atoms with van der Waals surface area (Å²) in [5.41, 5.74) is 6.04. The van der Waals surface area contributed by atoms with Gasteiger partial charge in [-0.25, -0.2) is 0 Å². The molecule has 0 radical (unpaired) electrons. The van der Waals surface area contributed by atoms with Crippen molar-refractivity contribution in [1.82, 2.24) is 26.6 Å². The third kappa shape index (κ3) is 23.7. The first-order chi connectivity index (χ1) is 23.1. The highest BCUT2D eigenvalue weighted by Gasteiger charge is 2.31. The second-order valence-electron chi connectivity index (χ2n) is 15.3. The molecule has 0 aliphatic heterocycles. The van der Waals surface area contributed by atoms with Crippen LogP contribution in [0.1, 0.15) is 202 Å². The van der Waals surface area contributed by atoms with Gasteiger partial charge >= 0.3 is 0 Å². The number of hydrogen-bond acceptors (Lipinski definition) is 6. The molecule has 7 N–H and O–H groups in total. The molecule has 1 fully saturated rings. The van der Waals surface area contributed by atoms with Gasteiger partial charge < -0.3 is 21.7 Å². The van der Waals surface area contributed by atoms with Crippen LogP contribution in [0, 0.1) is 5.92 Å². The molecule has 47 heavy (non-hydrogen) atoms. The van der Waals surface area contributed by atoms with Crippen molar-refractivity contribution in [2.75, 3.05) is 32.7 Å². The molecule has 6 nitrogen and oxygen atoms in total. The maximum Gasteiger partial charge on any atom is 0.0712 e. The zero-order valence-corrected chi connectivity index (χ0v) is 32.8. The van der Waals surface area contributed by atoms with E-state index in [2.05, 4.69) is 61.2 Å². The lowest BCUT2D eigenvalue weighted by molar-refractivity contribution is 0.174. The lowest BCUT2D eigenvalue weighted by Gasteiger charge is -2.40. The minimum absolute atomic E-state index is 0.0503. The fourth-order valence-corrected chi connectivity index (χ4v) is 7.59. The van der Waals surface area contributed by atoms with Crippen molar-refractivity contribution in [2.45, 2.75) is 225 Å². The van der Waals surface area contributed by atoms with E-state index >= 15 is 0 Å². The van der Waals surface area contributed by atoms with E-state index in [0.717, 1.165) is 64.3 Å².